The Morgan fingerprint density at radius 2 is 1.90 bits per heavy atom. The van der Waals surface area contributed by atoms with Crippen LogP contribution in [0.1, 0.15) is 25.3 Å². The molecule has 0 bridgehead atoms. The minimum absolute atomic E-state index is 0.0768. The van der Waals surface area contributed by atoms with Crippen molar-refractivity contribution in [3.05, 3.63) is 34.3 Å². The first-order valence-electron chi connectivity index (χ1n) is 7.17. The van der Waals surface area contributed by atoms with E-state index in [-0.39, 0.29) is 11.7 Å². The lowest BCUT2D eigenvalue weighted by atomic mass is 10.00. The molecule has 1 aromatic rings. The Balaban J connectivity index is 2.38. The highest BCUT2D eigenvalue weighted by atomic mass is 79.9. The van der Waals surface area contributed by atoms with Crippen molar-refractivity contribution >= 4 is 25.8 Å². The van der Waals surface area contributed by atoms with E-state index in [1.807, 2.05) is 31.2 Å². The predicted octanol–water partition coefficient (Wildman–Crippen LogP) is 2.33. The van der Waals surface area contributed by atoms with Crippen LogP contribution in [0, 0.1) is 5.41 Å². The lowest BCUT2D eigenvalue weighted by Crippen LogP contribution is -2.29. The molecule has 21 heavy (non-hydrogen) atoms. The molecule has 0 unspecified atom stereocenters. The fraction of sp³-hybridized carbons (Fsp3) is 0.600. The first kappa shape index (κ1) is 16.9. The van der Waals surface area contributed by atoms with Gasteiger partial charge in [0.15, 0.2) is 9.84 Å². The van der Waals surface area contributed by atoms with Crippen molar-refractivity contribution in [2.24, 2.45) is 11.1 Å². The van der Waals surface area contributed by atoms with E-state index >= 15 is 0 Å². The number of benzene rings is 1. The monoisotopic (exact) mass is 375 g/mol. The molecule has 0 saturated heterocycles. The number of ether oxygens (including phenoxy) is 1. The van der Waals surface area contributed by atoms with Crippen LogP contribution in [-0.2, 0) is 14.6 Å². The zero-order chi connectivity index (χ0) is 15.7. The van der Waals surface area contributed by atoms with Gasteiger partial charge in [0.25, 0.3) is 0 Å². The van der Waals surface area contributed by atoms with Crippen LogP contribution in [0.25, 0.3) is 0 Å². The highest BCUT2D eigenvalue weighted by Crippen LogP contribution is 2.62. The van der Waals surface area contributed by atoms with Gasteiger partial charge in [0.05, 0.1) is 11.9 Å². The third-order valence-electron chi connectivity index (χ3n) is 4.35. The van der Waals surface area contributed by atoms with Crippen molar-refractivity contribution in [1.82, 2.24) is 0 Å². The van der Waals surface area contributed by atoms with E-state index in [0.29, 0.717) is 19.8 Å². The molecule has 2 N–H and O–H groups in total. The number of rotatable bonds is 7. The second kappa shape index (κ2) is 6.36. The Morgan fingerprint density at radius 1 is 1.29 bits per heavy atom. The Morgan fingerprint density at radius 3 is 2.38 bits per heavy atom. The lowest BCUT2D eigenvalue weighted by molar-refractivity contribution is 0.101. The number of sulfone groups is 1. The molecule has 1 aromatic carbocycles. The van der Waals surface area contributed by atoms with Crippen molar-refractivity contribution in [3.8, 4) is 0 Å². The van der Waals surface area contributed by atoms with Crippen LogP contribution in [0.2, 0.25) is 0 Å². The van der Waals surface area contributed by atoms with Crippen LogP contribution < -0.4 is 5.73 Å². The molecule has 0 aromatic heterocycles. The van der Waals surface area contributed by atoms with E-state index in [2.05, 4.69) is 15.9 Å². The predicted molar refractivity (Wildman–Crippen MR) is 88.1 cm³/mol. The smallest absolute Gasteiger partial charge is 0.154 e. The molecule has 118 valence electrons. The van der Waals surface area contributed by atoms with Crippen LogP contribution in [0.4, 0.5) is 0 Å². The van der Waals surface area contributed by atoms with Crippen LogP contribution in [-0.4, -0.2) is 39.2 Å². The Labute approximate surface area is 135 Å². The molecule has 0 heterocycles. The summed E-state index contributed by atoms with van der Waals surface area (Å²) < 4.78 is 31.4. The Hall–Kier alpha value is -0.430. The van der Waals surface area contributed by atoms with Crippen LogP contribution in [0.3, 0.4) is 0 Å². The zero-order valence-corrected chi connectivity index (χ0v) is 14.8. The van der Waals surface area contributed by atoms with Crippen molar-refractivity contribution in [3.63, 3.8) is 0 Å². The molecule has 0 amide bonds. The third kappa shape index (κ3) is 3.04. The highest BCUT2D eigenvalue weighted by Gasteiger charge is 2.69. The van der Waals surface area contributed by atoms with Gasteiger partial charge in [-0.15, -0.1) is 0 Å². The van der Waals surface area contributed by atoms with Gasteiger partial charge < -0.3 is 10.5 Å². The van der Waals surface area contributed by atoms with E-state index in [1.165, 1.54) is 0 Å². The van der Waals surface area contributed by atoms with Gasteiger partial charge in [0.1, 0.15) is 0 Å². The van der Waals surface area contributed by atoms with Gasteiger partial charge in [-0.3, -0.25) is 0 Å². The van der Waals surface area contributed by atoms with Crippen LogP contribution in [0.5, 0.6) is 0 Å². The minimum Gasteiger partial charge on any atom is -0.381 e. The summed E-state index contributed by atoms with van der Waals surface area (Å²) in [7, 11) is -3.15. The van der Waals surface area contributed by atoms with Gasteiger partial charge in [0.2, 0.25) is 0 Å². The van der Waals surface area contributed by atoms with Gasteiger partial charge >= 0.3 is 0 Å². The normalized spacial score (nSPS) is 28.6. The molecule has 2 rings (SSSR count). The first-order chi connectivity index (χ1) is 9.93. The molecule has 1 fully saturated rings. The second-order valence-corrected chi connectivity index (χ2v) is 8.80. The lowest BCUT2D eigenvalue weighted by Gasteiger charge is -2.15. The first-order valence-corrected chi connectivity index (χ1v) is 9.68. The summed E-state index contributed by atoms with van der Waals surface area (Å²) in [4.78, 5) is 0. The summed E-state index contributed by atoms with van der Waals surface area (Å²) in [6.45, 7) is 4.87. The van der Waals surface area contributed by atoms with Crippen molar-refractivity contribution in [2.45, 2.75) is 25.0 Å². The number of hydrogen-bond acceptors (Lipinski definition) is 4. The molecule has 4 nitrogen and oxygen atoms in total. The van der Waals surface area contributed by atoms with Crippen molar-refractivity contribution < 1.29 is 13.2 Å². The van der Waals surface area contributed by atoms with Gasteiger partial charge in [-0.2, -0.15) is 0 Å². The molecule has 0 radical (unpaired) electrons. The van der Waals surface area contributed by atoms with E-state index in [9.17, 15) is 8.42 Å². The Bertz CT molecular complexity index is 587. The summed E-state index contributed by atoms with van der Waals surface area (Å²) in [6, 6.07) is 7.81. The average molecular weight is 376 g/mol. The van der Waals surface area contributed by atoms with Gasteiger partial charge in [-0.25, -0.2) is 8.42 Å². The van der Waals surface area contributed by atoms with Crippen molar-refractivity contribution in [2.75, 3.05) is 25.5 Å². The van der Waals surface area contributed by atoms with Crippen LogP contribution >= 0.6 is 15.9 Å². The molecular weight excluding hydrogens is 354 g/mol. The molecule has 0 aliphatic heterocycles. The quantitative estimate of drug-likeness (QED) is 0.793. The van der Waals surface area contributed by atoms with Gasteiger partial charge in [-0.1, -0.05) is 35.0 Å². The number of nitrogens with two attached hydrogens (primary N) is 1. The molecule has 0 spiro atoms. The number of hydrogen-bond donors (Lipinski definition) is 1. The fourth-order valence-electron chi connectivity index (χ4n) is 3.14. The van der Waals surface area contributed by atoms with E-state index in [0.717, 1.165) is 10.0 Å². The average Bonchev–Trinajstić information content (AvgIpc) is 3.16. The maximum absolute atomic E-state index is 12.4. The third-order valence-corrected chi connectivity index (χ3v) is 7.20. The standard InChI is InChI=1S/C15H22BrNO3S/c1-3-20-10-15(9-17)13(14(15)21(18,19)4-2)11-5-7-12(16)8-6-11/h5-8,13-14H,3-4,9-10,17H2,1-2H3/t13-,14-,15-/m0/s1. The zero-order valence-electron chi connectivity index (χ0n) is 12.4. The fourth-order valence-corrected chi connectivity index (χ4v) is 5.55. The molecule has 1 aliphatic rings. The molecule has 1 aliphatic carbocycles. The van der Waals surface area contributed by atoms with Gasteiger partial charge in [0, 0.05) is 34.7 Å². The van der Waals surface area contributed by atoms with E-state index in [4.69, 9.17) is 10.5 Å². The molecule has 3 atom stereocenters. The SMILES string of the molecule is CCOC[C@@]1(CN)[C@@H](c2ccc(Br)cc2)[C@@H]1S(=O)(=O)CC. The van der Waals surface area contributed by atoms with Crippen LogP contribution in [0.15, 0.2) is 28.7 Å². The topological polar surface area (TPSA) is 69.4 Å². The highest BCUT2D eigenvalue weighted by molar-refractivity contribution is 9.10. The maximum Gasteiger partial charge on any atom is 0.154 e. The maximum atomic E-state index is 12.4. The summed E-state index contributed by atoms with van der Waals surface area (Å²) in [6.07, 6.45) is 0. The van der Waals surface area contributed by atoms with Crippen molar-refractivity contribution in [1.29, 1.82) is 0 Å². The second-order valence-electron chi connectivity index (χ2n) is 5.48. The van der Waals surface area contributed by atoms with Gasteiger partial charge in [-0.05, 0) is 24.6 Å². The molecule has 6 heteroatoms. The summed E-state index contributed by atoms with van der Waals surface area (Å²) >= 11 is 3.40. The summed E-state index contributed by atoms with van der Waals surface area (Å²) in [5, 5.41) is -0.437. The summed E-state index contributed by atoms with van der Waals surface area (Å²) in [5.74, 6) is 0.0607. The number of halogens is 1. The Kier molecular flexibility index (Phi) is 5.13. The van der Waals surface area contributed by atoms with E-state index < -0.39 is 20.5 Å². The van der Waals surface area contributed by atoms with E-state index in [1.54, 1.807) is 6.92 Å². The largest absolute Gasteiger partial charge is 0.381 e. The minimum atomic E-state index is -3.15. The molecular formula is C15H22BrNO3S. The summed E-state index contributed by atoms with van der Waals surface area (Å²) in [5.41, 5.74) is 6.49. The molecule has 1 saturated carbocycles.